The molecule has 0 radical (unpaired) electrons. The molecule has 3 aromatic carbocycles. The van der Waals surface area contributed by atoms with E-state index < -0.39 is 0 Å². The Labute approximate surface area is 166 Å². The van der Waals surface area contributed by atoms with Gasteiger partial charge in [0, 0.05) is 30.7 Å². The van der Waals surface area contributed by atoms with Gasteiger partial charge >= 0.3 is 6.03 Å². The maximum atomic E-state index is 12.2. The van der Waals surface area contributed by atoms with Crippen LogP contribution in [-0.2, 0) is 0 Å². The molecule has 0 aromatic heterocycles. The van der Waals surface area contributed by atoms with Crippen LogP contribution in [0.4, 0.5) is 21.9 Å². The van der Waals surface area contributed by atoms with E-state index in [2.05, 4.69) is 29.5 Å². The maximum absolute atomic E-state index is 12.2. The van der Waals surface area contributed by atoms with E-state index in [9.17, 15) is 4.79 Å². The first-order valence-corrected chi connectivity index (χ1v) is 9.36. The van der Waals surface area contributed by atoms with E-state index in [0.717, 1.165) is 30.1 Å². The molecule has 2 N–H and O–H groups in total. The second kappa shape index (κ2) is 9.46. The van der Waals surface area contributed by atoms with E-state index in [0.29, 0.717) is 11.4 Å². The Morgan fingerprint density at radius 3 is 1.93 bits per heavy atom. The lowest BCUT2D eigenvalue weighted by Gasteiger charge is -2.18. The predicted octanol–water partition coefficient (Wildman–Crippen LogP) is 5.97. The molecule has 5 heteroatoms. The highest BCUT2D eigenvalue weighted by molar-refractivity contribution is 5.99. The second-order valence-electron chi connectivity index (χ2n) is 6.49. The van der Waals surface area contributed by atoms with Crippen molar-refractivity contribution in [1.29, 1.82) is 0 Å². The molecule has 0 bridgehead atoms. The van der Waals surface area contributed by atoms with Crippen molar-refractivity contribution in [3.8, 4) is 11.5 Å². The van der Waals surface area contributed by atoms with E-state index in [-0.39, 0.29) is 6.03 Å². The number of carbonyl (C=O) groups excluding carboxylic acids is 1. The van der Waals surface area contributed by atoms with Crippen molar-refractivity contribution in [2.75, 3.05) is 29.1 Å². The highest BCUT2D eigenvalue weighted by atomic mass is 16.5. The lowest BCUT2D eigenvalue weighted by atomic mass is 10.2. The first-order chi connectivity index (χ1) is 13.6. The minimum atomic E-state index is -0.286. The third-order valence-electron chi connectivity index (χ3n) is 4.22. The molecule has 0 aliphatic heterocycles. The van der Waals surface area contributed by atoms with Crippen LogP contribution in [0, 0.1) is 0 Å². The van der Waals surface area contributed by atoms with Gasteiger partial charge in [-0.05, 0) is 67.1 Å². The SMILES string of the molecule is CCCN(C)c1ccc(NC(=O)Nc2ccc(Oc3ccccc3)cc2)cc1. The number of hydrogen-bond donors (Lipinski definition) is 2. The molecule has 0 unspecified atom stereocenters. The second-order valence-corrected chi connectivity index (χ2v) is 6.49. The van der Waals surface area contributed by atoms with Gasteiger partial charge in [-0.1, -0.05) is 25.1 Å². The van der Waals surface area contributed by atoms with E-state index in [4.69, 9.17) is 4.74 Å². The summed E-state index contributed by atoms with van der Waals surface area (Å²) in [6, 6.07) is 24.3. The maximum Gasteiger partial charge on any atom is 0.323 e. The predicted molar refractivity (Wildman–Crippen MR) is 116 cm³/mol. The third kappa shape index (κ3) is 5.51. The van der Waals surface area contributed by atoms with E-state index in [1.165, 1.54) is 0 Å². The molecule has 2 amide bonds. The van der Waals surface area contributed by atoms with Gasteiger partial charge in [-0.15, -0.1) is 0 Å². The molecule has 0 saturated heterocycles. The van der Waals surface area contributed by atoms with Gasteiger partial charge in [0.2, 0.25) is 0 Å². The van der Waals surface area contributed by atoms with E-state index >= 15 is 0 Å². The van der Waals surface area contributed by atoms with Gasteiger partial charge in [0.1, 0.15) is 11.5 Å². The molecule has 0 aliphatic carbocycles. The Balaban J connectivity index is 1.53. The van der Waals surface area contributed by atoms with Crippen LogP contribution in [0.25, 0.3) is 0 Å². The normalized spacial score (nSPS) is 10.2. The number of amides is 2. The van der Waals surface area contributed by atoms with Crippen LogP contribution in [0.5, 0.6) is 11.5 Å². The van der Waals surface area contributed by atoms with Crippen molar-refractivity contribution >= 4 is 23.1 Å². The van der Waals surface area contributed by atoms with Crippen LogP contribution in [0.2, 0.25) is 0 Å². The van der Waals surface area contributed by atoms with Gasteiger partial charge in [-0.3, -0.25) is 0 Å². The molecule has 0 saturated carbocycles. The molecule has 0 spiro atoms. The lowest BCUT2D eigenvalue weighted by Crippen LogP contribution is -2.20. The molecule has 0 atom stereocenters. The topological polar surface area (TPSA) is 53.6 Å². The van der Waals surface area contributed by atoms with Crippen molar-refractivity contribution in [3.05, 3.63) is 78.9 Å². The molecule has 144 valence electrons. The van der Waals surface area contributed by atoms with Crippen molar-refractivity contribution < 1.29 is 9.53 Å². The summed E-state index contributed by atoms with van der Waals surface area (Å²) in [6.07, 6.45) is 1.09. The number of carbonyl (C=O) groups is 1. The standard InChI is InChI=1S/C23H25N3O2/c1-3-17-26(2)20-13-9-18(10-14-20)24-23(27)25-19-11-15-22(16-12-19)28-21-7-5-4-6-8-21/h4-16H,3,17H2,1-2H3,(H2,24,25,27). The Morgan fingerprint density at radius 1 is 0.821 bits per heavy atom. The van der Waals surface area contributed by atoms with Crippen LogP contribution < -0.4 is 20.3 Å². The summed E-state index contributed by atoms with van der Waals surface area (Å²) in [7, 11) is 2.06. The molecule has 3 aromatic rings. The van der Waals surface area contributed by atoms with Crippen molar-refractivity contribution in [1.82, 2.24) is 0 Å². The number of nitrogens with zero attached hydrogens (tertiary/aromatic N) is 1. The Kier molecular flexibility index (Phi) is 6.52. The minimum absolute atomic E-state index is 0.286. The Morgan fingerprint density at radius 2 is 1.36 bits per heavy atom. The zero-order valence-electron chi connectivity index (χ0n) is 16.2. The number of ether oxygens (including phenoxy) is 1. The van der Waals surface area contributed by atoms with E-state index in [1.807, 2.05) is 66.7 Å². The Hall–Kier alpha value is -3.47. The average molecular weight is 375 g/mol. The number of para-hydroxylation sites is 1. The first kappa shape index (κ1) is 19.3. The van der Waals surface area contributed by atoms with E-state index in [1.54, 1.807) is 12.1 Å². The fourth-order valence-electron chi connectivity index (χ4n) is 2.79. The number of hydrogen-bond acceptors (Lipinski definition) is 3. The van der Waals surface area contributed by atoms with Crippen molar-refractivity contribution in [3.63, 3.8) is 0 Å². The first-order valence-electron chi connectivity index (χ1n) is 9.36. The minimum Gasteiger partial charge on any atom is -0.457 e. The van der Waals surface area contributed by atoms with Gasteiger partial charge in [0.25, 0.3) is 0 Å². The van der Waals surface area contributed by atoms with Crippen LogP contribution in [0.1, 0.15) is 13.3 Å². The highest BCUT2D eigenvalue weighted by Gasteiger charge is 2.05. The van der Waals surface area contributed by atoms with Gasteiger partial charge < -0.3 is 20.3 Å². The lowest BCUT2D eigenvalue weighted by molar-refractivity contribution is 0.262. The summed E-state index contributed by atoms with van der Waals surface area (Å²) in [5.74, 6) is 1.48. The average Bonchev–Trinajstić information content (AvgIpc) is 2.71. The third-order valence-corrected chi connectivity index (χ3v) is 4.22. The molecular weight excluding hydrogens is 350 g/mol. The number of rotatable bonds is 7. The number of benzene rings is 3. The Bertz CT molecular complexity index is 878. The highest BCUT2D eigenvalue weighted by Crippen LogP contribution is 2.23. The summed E-state index contributed by atoms with van der Waals surface area (Å²) >= 11 is 0. The largest absolute Gasteiger partial charge is 0.457 e. The van der Waals surface area contributed by atoms with Crippen LogP contribution in [0.3, 0.4) is 0 Å². The number of anilines is 3. The van der Waals surface area contributed by atoms with Gasteiger partial charge in [0.05, 0.1) is 0 Å². The van der Waals surface area contributed by atoms with Crippen molar-refractivity contribution in [2.45, 2.75) is 13.3 Å². The molecule has 28 heavy (non-hydrogen) atoms. The summed E-state index contributed by atoms with van der Waals surface area (Å²) in [5.41, 5.74) is 2.56. The van der Waals surface area contributed by atoms with Gasteiger partial charge in [0.15, 0.2) is 0 Å². The molecule has 5 nitrogen and oxygen atoms in total. The molecule has 0 aliphatic rings. The number of nitrogens with one attached hydrogen (secondary N) is 2. The quantitative estimate of drug-likeness (QED) is 0.535. The van der Waals surface area contributed by atoms with Gasteiger partial charge in [-0.2, -0.15) is 0 Å². The van der Waals surface area contributed by atoms with Crippen LogP contribution in [0.15, 0.2) is 78.9 Å². The van der Waals surface area contributed by atoms with Crippen LogP contribution >= 0.6 is 0 Å². The monoisotopic (exact) mass is 375 g/mol. The van der Waals surface area contributed by atoms with Crippen molar-refractivity contribution in [2.24, 2.45) is 0 Å². The summed E-state index contributed by atoms with van der Waals surface area (Å²) < 4.78 is 5.75. The zero-order valence-corrected chi connectivity index (χ0v) is 16.2. The molecular formula is C23H25N3O2. The summed E-state index contributed by atoms with van der Waals surface area (Å²) in [4.78, 5) is 14.4. The molecule has 0 heterocycles. The fraction of sp³-hybridized carbons (Fsp3) is 0.174. The fourth-order valence-corrected chi connectivity index (χ4v) is 2.79. The molecule has 0 fully saturated rings. The summed E-state index contributed by atoms with van der Waals surface area (Å²) in [6.45, 7) is 3.15. The smallest absolute Gasteiger partial charge is 0.323 e. The number of urea groups is 1. The zero-order chi connectivity index (χ0) is 19.8. The molecule has 3 rings (SSSR count). The van der Waals surface area contributed by atoms with Gasteiger partial charge in [-0.25, -0.2) is 4.79 Å². The summed E-state index contributed by atoms with van der Waals surface area (Å²) in [5, 5.41) is 5.67. The van der Waals surface area contributed by atoms with Crippen LogP contribution in [-0.4, -0.2) is 19.6 Å².